The Kier molecular flexibility index (Phi) is 11.5. The monoisotopic (exact) mass is 620 g/mol. The lowest BCUT2D eigenvalue weighted by Gasteiger charge is -2.42. The van der Waals surface area contributed by atoms with E-state index in [4.69, 9.17) is 23.7 Å². The number of hydrogen-bond acceptors (Lipinski definition) is 12. The first-order valence-electron chi connectivity index (χ1n) is 14.5. The number of fused-ring (bicyclic) bond motifs is 1. The van der Waals surface area contributed by atoms with Crippen LogP contribution < -0.4 is 0 Å². The van der Waals surface area contributed by atoms with Crippen molar-refractivity contribution in [2.75, 3.05) is 0 Å². The molecule has 0 spiro atoms. The Balaban J connectivity index is 3.08. The van der Waals surface area contributed by atoms with Gasteiger partial charge in [-0.05, 0) is 19.8 Å². The third-order valence-electron chi connectivity index (χ3n) is 7.86. The maximum absolute atomic E-state index is 14.4. The second-order valence-corrected chi connectivity index (χ2v) is 12.5. The third-order valence-corrected chi connectivity index (χ3v) is 7.86. The Morgan fingerprint density at radius 1 is 0.795 bits per heavy atom. The summed E-state index contributed by atoms with van der Waals surface area (Å²) in [4.78, 5) is 91.4. The summed E-state index contributed by atoms with van der Waals surface area (Å²) in [7, 11) is 0. The molecule has 12 nitrogen and oxygen atoms in total. The average molecular weight is 621 g/mol. The molecule has 12 heteroatoms. The van der Waals surface area contributed by atoms with Crippen molar-refractivity contribution in [3.63, 3.8) is 0 Å². The highest BCUT2D eigenvalue weighted by Gasteiger charge is 2.65. The van der Waals surface area contributed by atoms with Gasteiger partial charge in [-0.3, -0.25) is 33.6 Å². The summed E-state index contributed by atoms with van der Waals surface area (Å²) in [5.41, 5.74) is -3.65. The number of allylic oxidation sites excluding steroid dienone is 2. The van der Waals surface area contributed by atoms with Gasteiger partial charge in [-0.2, -0.15) is 0 Å². The Labute approximate surface area is 257 Å². The number of carbonyl (C=O) groups is 7. The number of esters is 5. The minimum atomic E-state index is -2.02. The lowest BCUT2D eigenvalue weighted by Crippen LogP contribution is -2.58. The van der Waals surface area contributed by atoms with E-state index >= 15 is 0 Å². The minimum absolute atomic E-state index is 0.121. The first-order chi connectivity index (χ1) is 20.2. The molecule has 244 valence electrons. The molecule has 1 saturated carbocycles. The molecule has 0 N–H and O–H groups in total. The molecule has 0 unspecified atom stereocenters. The summed E-state index contributed by atoms with van der Waals surface area (Å²) < 4.78 is 28.5. The molecular weight excluding hydrogens is 576 g/mol. The molecule has 0 aliphatic heterocycles. The van der Waals surface area contributed by atoms with Gasteiger partial charge >= 0.3 is 29.8 Å². The van der Waals surface area contributed by atoms with Crippen molar-refractivity contribution >= 4 is 41.4 Å². The summed E-state index contributed by atoms with van der Waals surface area (Å²) in [6.07, 6.45) is -3.49. The van der Waals surface area contributed by atoms with Gasteiger partial charge in [-0.25, -0.2) is 0 Å². The van der Waals surface area contributed by atoms with Gasteiger partial charge in [0, 0.05) is 51.0 Å². The number of ketones is 2. The van der Waals surface area contributed by atoms with Crippen LogP contribution in [0.3, 0.4) is 0 Å². The van der Waals surface area contributed by atoms with Crippen molar-refractivity contribution in [2.24, 2.45) is 29.1 Å². The molecule has 2 aliphatic rings. The van der Waals surface area contributed by atoms with E-state index in [0.29, 0.717) is 0 Å². The van der Waals surface area contributed by atoms with Crippen molar-refractivity contribution in [3.05, 3.63) is 24.3 Å². The molecule has 0 aromatic heterocycles. The zero-order valence-electron chi connectivity index (χ0n) is 27.1. The zero-order chi connectivity index (χ0) is 33.9. The maximum atomic E-state index is 14.4. The molecule has 0 amide bonds. The van der Waals surface area contributed by atoms with Crippen molar-refractivity contribution in [2.45, 2.75) is 106 Å². The fourth-order valence-corrected chi connectivity index (χ4v) is 5.88. The predicted octanol–water partition coefficient (Wildman–Crippen LogP) is 3.23. The summed E-state index contributed by atoms with van der Waals surface area (Å²) in [6.45, 7) is 17.8. The summed E-state index contributed by atoms with van der Waals surface area (Å²) >= 11 is 0. The summed E-state index contributed by atoms with van der Waals surface area (Å²) in [6, 6.07) is 0. The van der Waals surface area contributed by atoms with E-state index in [0.717, 1.165) is 27.7 Å². The van der Waals surface area contributed by atoms with Crippen LogP contribution >= 0.6 is 0 Å². The topological polar surface area (TPSA) is 166 Å². The van der Waals surface area contributed by atoms with E-state index in [1.807, 2.05) is 0 Å². The van der Waals surface area contributed by atoms with Gasteiger partial charge in [0.15, 0.2) is 23.3 Å². The van der Waals surface area contributed by atoms with E-state index in [1.165, 1.54) is 26.0 Å². The first kappa shape index (κ1) is 36.4. The second-order valence-electron chi connectivity index (χ2n) is 12.5. The number of rotatable bonds is 6. The molecule has 0 bridgehead atoms. The molecular formula is C32H44O12. The number of Topliss-reactive ketones (excluding diaryl/α,β-unsaturated/α-hetero) is 2. The van der Waals surface area contributed by atoms with Gasteiger partial charge in [0.25, 0.3) is 0 Å². The van der Waals surface area contributed by atoms with E-state index in [1.54, 1.807) is 27.7 Å². The van der Waals surface area contributed by atoms with Gasteiger partial charge < -0.3 is 23.7 Å². The second kappa shape index (κ2) is 13.9. The van der Waals surface area contributed by atoms with Crippen molar-refractivity contribution in [3.8, 4) is 0 Å². The molecule has 0 aromatic carbocycles. The van der Waals surface area contributed by atoms with E-state index in [2.05, 4.69) is 6.58 Å². The van der Waals surface area contributed by atoms with Crippen LogP contribution in [0.25, 0.3) is 0 Å². The predicted molar refractivity (Wildman–Crippen MR) is 154 cm³/mol. The third kappa shape index (κ3) is 7.81. The van der Waals surface area contributed by atoms with Crippen molar-refractivity contribution < 1.29 is 57.2 Å². The zero-order valence-corrected chi connectivity index (χ0v) is 27.1. The highest BCUT2D eigenvalue weighted by atomic mass is 16.6. The molecule has 2 aliphatic carbocycles. The fraction of sp³-hybridized carbons (Fsp3) is 0.656. The Morgan fingerprint density at radius 3 is 1.80 bits per heavy atom. The Bertz CT molecular complexity index is 1240. The van der Waals surface area contributed by atoms with Crippen LogP contribution in [-0.2, 0) is 57.2 Å². The normalized spacial score (nSPS) is 32.8. The van der Waals surface area contributed by atoms with Crippen molar-refractivity contribution in [1.82, 2.24) is 0 Å². The van der Waals surface area contributed by atoms with E-state index in [-0.39, 0.29) is 12.0 Å². The molecule has 0 aromatic rings. The average Bonchev–Trinajstić information content (AvgIpc) is 3.15. The fourth-order valence-electron chi connectivity index (χ4n) is 5.88. The van der Waals surface area contributed by atoms with Crippen LogP contribution in [0, 0.1) is 29.1 Å². The van der Waals surface area contributed by atoms with Crippen LogP contribution in [0.2, 0.25) is 0 Å². The Hall–Kier alpha value is -3.83. The standard InChI is InChI=1S/C32H44O12/c1-15(2)30(39)43-27-26(42-21(8)35)18(5)25(41-20(7)34)23-24(40-19(6)33)17(4)14-32(23,44-22(9)36)28(37)16(3)12-13-31(10,11)29(27)38/h12-13,15-17,23-27H,5,14H2,1-4,6-11H3/b13-12+/t16-,17-,23-,24+,25-,26-,27-,32+/m0/s1. The largest absolute Gasteiger partial charge is 0.462 e. The van der Waals surface area contributed by atoms with Crippen LogP contribution in [0.5, 0.6) is 0 Å². The highest BCUT2D eigenvalue weighted by Crippen LogP contribution is 2.51. The quantitative estimate of drug-likeness (QED) is 0.242. The molecule has 0 radical (unpaired) electrons. The molecule has 2 rings (SSSR count). The van der Waals surface area contributed by atoms with Gasteiger partial charge in [0.2, 0.25) is 6.10 Å². The van der Waals surface area contributed by atoms with Crippen LogP contribution in [-0.4, -0.2) is 71.4 Å². The Morgan fingerprint density at radius 2 is 1.32 bits per heavy atom. The smallest absolute Gasteiger partial charge is 0.309 e. The number of ether oxygens (including phenoxy) is 5. The van der Waals surface area contributed by atoms with Gasteiger partial charge in [0.1, 0.15) is 12.2 Å². The van der Waals surface area contributed by atoms with Crippen LogP contribution in [0.1, 0.15) is 75.7 Å². The molecule has 44 heavy (non-hydrogen) atoms. The minimum Gasteiger partial charge on any atom is -0.462 e. The maximum Gasteiger partial charge on any atom is 0.309 e. The summed E-state index contributed by atoms with van der Waals surface area (Å²) in [5.74, 6) is -9.04. The number of hydrogen-bond donors (Lipinski definition) is 0. The lowest BCUT2D eigenvalue weighted by atomic mass is 9.72. The van der Waals surface area contributed by atoms with Crippen LogP contribution in [0.15, 0.2) is 24.3 Å². The molecule has 0 heterocycles. The number of carbonyl (C=O) groups excluding carboxylic acids is 7. The van der Waals surface area contributed by atoms with Gasteiger partial charge in [0.05, 0.1) is 11.8 Å². The van der Waals surface area contributed by atoms with E-state index in [9.17, 15) is 33.6 Å². The molecule has 1 fully saturated rings. The van der Waals surface area contributed by atoms with E-state index < -0.39 is 101 Å². The van der Waals surface area contributed by atoms with Crippen molar-refractivity contribution in [1.29, 1.82) is 0 Å². The molecule has 8 atom stereocenters. The summed E-state index contributed by atoms with van der Waals surface area (Å²) in [5, 5.41) is 0. The SMILES string of the molecule is C=C1[C@H](OC(C)=O)[C@@H]2[C@H](OC(C)=O)[C@@H](C)C[C@]2(OC(C)=O)C(=O)[C@@H](C)/C=C/C(C)(C)C(=O)[C@@H](OC(=O)C(C)C)[C@H]1OC(C)=O. The first-order valence-corrected chi connectivity index (χ1v) is 14.5. The lowest BCUT2D eigenvalue weighted by molar-refractivity contribution is -0.187. The highest BCUT2D eigenvalue weighted by molar-refractivity contribution is 5.95. The molecule has 0 saturated heterocycles. The van der Waals surface area contributed by atoms with Gasteiger partial charge in [-0.15, -0.1) is 0 Å². The van der Waals surface area contributed by atoms with Gasteiger partial charge in [-0.1, -0.05) is 46.4 Å². The van der Waals surface area contributed by atoms with Crippen LogP contribution in [0.4, 0.5) is 0 Å².